The predicted molar refractivity (Wildman–Crippen MR) is 152 cm³/mol. The second kappa shape index (κ2) is 9.54. The van der Waals surface area contributed by atoms with E-state index >= 15 is 4.79 Å². The van der Waals surface area contributed by atoms with Crippen LogP contribution in [0.4, 0.5) is 0 Å². The highest BCUT2D eigenvalue weighted by Gasteiger charge is 2.77. The number of ketones is 3. The van der Waals surface area contributed by atoms with Crippen molar-refractivity contribution in [2.24, 2.45) is 5.41 Å². The molecular formula is C33H32N2O5. The monoisotopic (exact) mass is 536 g/mol. The fourth-order valence-electron chi connectivity index (χ4n) is 7.27. The number of likely N-dealkylation sites (N-methyl/N-ethyl adjacent to an activating group) is 2. The Balaban J connectivity index is 1.58. The van der Waals surface area contributed by atoms with Gasteiger partial charge in [-0.1, -0.05) is 48.5 Å². The van der Waals surface area contributed by atoms with E-state index in [4.69, 9.17) is 9.47 Å². The molecule has 1 aliphatic carbocycles. The van der Waals surface area contributed by atoms with E-state index in [1.54, 1.807) is 38.5 Å². The Kier molecular flexibility index (Phi) is 6.24. The zero-order chi connectivity index (χ0) is 28.2. The van der Waals surface area contributed by atoms with Crippen LogP contribution in [0.3, 0.4) is 0 Å². The van der Waals surface area contributed by atoms with Crippen LogP contribution in [-0.2, 0) is 4.79 Å². The van der Waals surface area contributed by atoms with Gasteiger partial charge in [-0.05, 0) is 55.6 Å². The molecule has 2 atom stereocenters. The molecule has 2 aliphatic heterocycles. The molecule has 0 saturated carbocycles. The molecule has 204 valence electrons. The number of rotatable bonds is 4. The fourth-order valence-corrected chi connectivity index (χ4v) is 7.27. The van der Waals surface area contributed by atoms with Crippen LogP contribution in [0, 0.1) is 5.41 Å². The summed E-state index contributed by atoms with van der Waals surface area (Å²) < 4.78 is 10.7. The molecule has 2 spiro atoms. The van der Waals surface area contributed by atoms with Crippen molar-refractivity contribution in [2.45, 2.75) is 11.5 Å². The molecule has 7 nitrogen and oxygen atoms in total. The number of fused-ring (bicyclic) bond motifs is 2. The van der Waals surface area contributed by atoms with Gasteiger partial charge in [0.1, 0.15) is 11.5 Å². The normalized spacial score (nSPS) is 25.2. The topological polar surface area (TPSA) is 76.2 Å². The maximum absolute atomic E-state index is 15.0. The van der Waals surface area contributed by atoms with Crippen LogP contribution >= 0.6 is 0 Å². The van der Waals surface area contributed by atoms with Gasteiger partial charge in [-0.25, -0.2) is 0 Å². The Labute approximate surface area is 234 Å². The Morgan fingerprint density at radius 3 is 1.88 bits per heavy atom. The lowest BCUT2D eigenvalue weighted by atomic mass is 9.56. The third-order valence-corrected chi connectivity index (χ3v) is 8.97. The summed E-state index contributed by atoms with van der Waals surface area (Å²) in [5.41, 5.74) is 0.105. The van der Waals surface area contributed by atoms with Crippen molar-refractivity contribution in [3.05, 3.63) is 101 Å². The first-order valence-corrected chi connectivity index (χ1v) is 13.4. The van der Waals surface area contributed by atoms with Gasteiger partial charge < -0.3 is 14.4 Å². The standard InChI is InChI=1S/C33H32N2O5/c1-34-18-23(17-21-9-13-24(39-3)14-10-21)29(36)32(20-34)28(22-11-15-25(40-4)16-12-22)19-35(2)33(32)30(37)26-7-5-6-8-27(26)31(33)38/h5-17,28H,18-20H2,1-4H3/t28-,32+/m1/s1. The van der Waals surface area contributed by atoms with Crippen LogP contribution in [0.5, 0.6) is 11.5 Å². The minimum atomic E-state index is -1.65. The van der Waals surface area contributed by atoms with Gasteiger partial charge in [0.2, 0.25) is 0 Å². The molecule has 0 aromatic heterocycles. The van der Waals surface area contributed by atoms with Crippen molar-refractivity contribution in [2.75, 3.05) is 47.9 Å². The maximum Gasteiger partial charge on any atom is 0.192 e. The Morgan fingerprint density at radius 2 is 1.32 bits per heavy atom. The summed E-state index contributed by atoms with van der Waals surface area (Å²) in [6.07, 6.45) is 1.88. The molecule has 0 radical (unpaired) electrons. The summed E-state index contributed by atoms with van der Waals surface area (Å²) in [7, 11) is 6.98. The van der Waals surface area contributed by atoms with E-state index < -0.39 is 16.9 Å². The molecule has 0 amide bonds. The SMILES string of the molecule is COc1ccc(C=C2CN(C)C[C@@]3(C2=O)[C@@H](c2ccc(OC)cc2)CN(C)C32C(=O)c3ccccc3C2=O)cc1. The number of hydrogen-bond acceptors (Lipinski definition) is 7. The lowest BCUT2D eigenvalue weighted by Crippen LogP contribution is -2.69. The number of carbonyl (C=O) groups excluding carboxylic acids is 3. The van der Waals surface area contributed by atoms with Gasteiger partial charge in [0.25, 0.3) is 0 Å². The smallest absolute Gasteiger partial charge is 0.192 e. The average molecular weight is 537 g/mol. The molecule has 2 heterocycles. The van der Waals surface area contributed by atoms with Crippen LogP contribution in [0.1, 0.15) is 37.8 Å². The van der Waals surface area contributed by atoms with Crippen molar-refractivity contribution in [3.63, 3.8) is 0 Å². The summed E-state index contributed by atoms with van der Waals surface area (Å²) in [6, 6.07) is 22.1. The van der Waals surface area contributed by atoms with Crippen molar-refractivity contribution < 1.29 is 23.9 Å². The van der Waals surface area contributed by atoms with E-state index in [1.807, 2.05) is 73.6 Å². The van der Waals surface area contributed by atoms with Gasteiger partial charge in [-0.2, -0.15) is 0 Å². The number of methoxy groups -OCH3 is 2. The van der Waals surface area contributed by atoms with Crippen LogP contribution in [0.2, 0.25) is 0 Å². The Hall–Kier alpha value is -4.07. The van der Waals surface area contributed by atoms with Gasteiger partial charge in [-0.15, -0.1) is 0 Å². The number of hydrogen-bond donors (Lipinski definition) is 0. The van der Waals surface area contributed by atoms with E-state index in [9.17, 15) is 9.59 Å². The van der Waals surface area contributed by atoms with Gasteiger partial charge in [0, 0.05) is 42.3 Å². The summed E-state index contributed by atoms with van der Waals surface area (Å²) >= 11 is 0. The van der Waals surface area contributed by atoms with Crippen molar-refractivity contribution >= 4 is 23.4 Å². The van der Waals surface area contributed by atoms with Gasteiger partial charge >= 0.3 is 0 Å². The molecule has 0 unspecified atom stereocenters. The van der Waals surface area contributed by atoms with Crippen LogP contribution in [-0.4, -0.2) is 80.6 Å². The summed E-state index contributed by atoms with van der Waals surface area (Å²) in [6.45, 7) is 1.07. The number of nitrogens with zero attached hydrogens (tertiary/aromatic N) is 2. The molecule has 2 saturated heterocycles. The number of benzene rings is 3. The minimum absolute atomic E-state index is 0.152. The van der Waals surface area contributed by atoms with Crippen LogP contribution < -0.4 is 9.47 Å². The second-order valence-corrected chi connectivity index (χ2v) is 11.0. The first-order valence-electron chi connectivity index (χ1n) is 13.4. The molecule has 40 heavy (non-hydrogen) atoms. The third kappa shape index (κ3) is 3.47. The molecule has 3 aromatic carbocycles. The van der Waals surface area contributed by atoms with Crippen molar-refractivity contribution in [1.82, 2.24) is 9.80 Å². The van der Waals surface area contributed by atoms with Crippen molar-refractivity contribution in [1.29, 1.82) is 0 Å². The summed E-state index contributed by atoms with van der Waals surface area (Å²) in [4.78, 5) is 47.9. The van der Waals surface area contributed by atoms with E-state index in [1.165, 1.54) is 0 Å². The number of piperidine rings is 1. The van der Waals surface area contributed by atoms with E-state index in [-0.39, 0.29) is 23.9 Å². The molecular weight excluding hydrogens is 504 g/mol. The second-order valence-electron chi connectivity index (χ2n) is 11.0. The van der Waals surface area contributed by atoms with Crippen LogP contribution in [0.25, 0.3) is 6.08 Å². The highest BCUT2D eigenvalue weighted by atomic mass is 16.5. The molecule has 0 N–H and O–H groups in total. The quantitative estimate of drug-likeness (QED) is 0.367. The zero-order valence-electron chi connectivity index (χ0n) is 23.1. The highest BCUT2D eigenvalue weighted by molar-refractivity contribution is 6.36. The largest absolute Gasteiger partial charge is 0.497 e. The molecule has 0 bridgehead atoms. The number of likely N-dealkylation sites (tertiary alicyclic amines) is 2. The van der Waals surface area contributed by atoms with E-state index in [0.29, 0.717) is 35.5 Å². The van der Waals surface area contributed by atoms with Gasteiger partial charge in [-0.3, -0.25) is 19.3 Å². The van der Waals surface area contributed by atoms with E-state index in [2.05, 4.69) is 4.90 Å². The lowest BCUT2D eigenvalue weighted by Gasteiger charge is -2.50. The Morgan fingerprint density at radius 1 is 0.775 bits per heavy atom. The summed E-state index contributed by atoms with van der Waals surface area (Å²) in [5.74, 6) is 0.285. The van der Waals surface area contributed by atoms with E-state index in [0.717, 1.165) is 16.9 Å². The molecule has 3 aliphatic rings. The number of Topliss-reactive ketones (excluding diaryl/α,β-unsaturated/α-hetero) is 3. The average Bonchev–Trinajstić information content (AvgIpc) is 3.37. The molecule has 6 rings (SSSR count). The Bertz CT molecular complexity index is 1510. The molecule has 7 heteroatoms. The lowest BCUT2D eigenvalue weighted by molar-refractivity contribution is -0.132. The minimum Gasteiger partial charge on any atom is -0.497 e. The molecule has 2 fully saturated rings. The van der Waals surface area contributed by atoms with Gasteiger partial charge in [0.05, 0.1) is 19.6 Å². The van der Waals surface area contributed by atoms with Crippen LogP contribution in [0.15, 0.2) is 78.4 Å². The number of ether oxygens (including phenoxy) is 2. The third-order valence-electron chi connectivity index (χ3n) is 8.97. The molecule has 3 aromatic rings. The van der Waals surface area contributed by atoms with Gasteiger partial charge in [0.15, 0.2) is 22.9 Å². The maximum atomic E-state index is 15.0. The first-order chi connectivity index (χ1) is 19.3. The first kappa shape index (κ1) is 26.2. The van der Waals surface area contributed by atoms with Crippen molar-refractivity contribution in [3.8, 4) is 11.5 Å². The number of carbonyl (C=O) groups is 3. The summed E-state index contributed by atoms with van der Waals surface area (Å²) in [5, 5.41) is 0. The fraction of sp³-hybridized carbons (Fsp3) is 0.303. The highest BCUT2D eigenvalue weighted by Crippen LogP contribution is 2.60. The zero-order valence-corrected chi connectivity index (χ0v) is 23.1. The predicted octanol–water partition coefficient (Wildman–Crippen LogP) is 4.14.